The number of amides is 2. The molecule has 0 atom stereocenters. The molecule has 7 heteroatoms. The third kappa shape index (κ3) is 4.36. The van der Waals surface area contributed by atoms with Crippen molar-refractivity contribution < 1.29 is 14.3 Å². The summed E-state index contributed by atoms with van der Waals surface area (Å²) in [6.07, 6.45) is 1.21. The molecule has 0 aliphatic carbocycles. The summed E-state index contributed by atoms with van der Waals surface area (Å²) < 4.78 is 5.38. The molecule has 7 nitrogen and oxygen atoms in total. The van der Waals surface area contributed by atoms with Crippen molar-refractivity contribution in [3.05, 3.63) is 65.2 Å². The van der Waals surface area contributed by atoms with Gasteiger partial charge in [-0.2, -0.15) is 0 Å². The van der Waals surface area contributed by atoms with Crippen LogP contribution in [0.3, 0.4) is 0 Å². The van der Waals surface area contributed by atoms with Crippen LogP contribution in [0.25, 0.3) is 0 Å². The number of rotatable bonds is 4. The Balaban J connectivity index is 1.19. The minimum atomic E-state index is -0.284. The number of hydrogen-bond donors (Lipinski definition) is 1. The molecular formula is C25H30N4O3. The Kier molecular flexibility index (Phi) is 6.10. The summed E-state index contributed by atoms with van der Waals surface area (Å²) in [5, 5.41) is 3.37. The van der Waals surface area contributed by atoms with Gasteiger partial charge in [-0.1, -0.05) is 30.3 Å². The van der Waals surface area contributed by atoms with Gasteiger partial charge in [-0.3, -0.25) is 14.6 Å². The van der Waals surface area contributed by atoms with E-state index in [2.05, 4.69) is 22.3 Å². The Bertz CT molecular complexity index is 963. The number of carbonyl (C=O) groups excluding carboxylic acids is 2. The zero-order valence-corrected chi connectivity index (χ0v) is 18.3. The number of piperazine rings is 1. The Labute approximate surface area is 188 Å². The van der Waals surface area contributed by atoms with Crippen molar-refractivity contribution in [3.8, 4) is 0 Å². The fraction of sp³-hybridized carbons (Fsp3) is 0.440. The number of nitrogens with zero attached hydrogens (tertiary/aromatic N) is 3. The largest absolute Gasteiger partial charge is 0.444 e. The highest BCUT2D eigenvalue weighted by molar-refractivity contribution is 5.94. The number of nitrogens with one attached hydrogen (secondary N) is 1. The molecule has 0 saturated carbocycles. The van der Waals surface area contributed by atoms with Crippen molar-refractivity contribution in [2.75, 3.05) is 44.2 Å². The molecule has 2 aromatic rings. The first-order valence-corrected chi connectivity index (χ1v) is 11.5. The summed E-state index contributed by atoms with van der Waals surface area (Å²) in [6, 6.07) is 16.0. The van der Waals surface area contributed by atoms with Gasteiger partial charge in [-0.25, -0.2) is 4.79 Å². The van der Waals surface area contributed by atoms with Gasteiger partial charge in [-0.05, 0) is 36.6 Å². The molecule has 0 spiro atoms. The summed E-state index contributed by atoms with van der Waals surface area (Å²) in [7, 11) is 0. The lowest BCUT2D eigenvalue weighted by molar-refractivity contribution is 0.0708. The van der Waals surface area contributed by atoms with Crippen LogP contribution in [0, 0.1) is 0 Å². The quantitative estimate of drug-likeness (QED) is 0.802. The molecule has 3 heterocycles. The lowest BCUT2D eigenvalue weighted by atomic mass is 10.00. The summed E-state index contributed by atoms with van der Waals surface area (Å²) >= 11 is 0. The number of anilines is 1. The zero-order chi connectivity index (χ0) is 21.9. The third-order valence-electron chi connectivity index (χ3n) is 6.73. The smallest absolute Gasteiger partial charge is 0.414 e. The summed E-state index contributed by atoms with van der Waals surface area (Å²) in [4.78, 5) is 31.7. The Hall–Kier alpha value is -2.90. The van der Waals surface area contributed by atoms with Gasteiger partial charge >= 0.3 is 6.09 Å². The number of carbonyl (C=O) groups is 2. The number of piperidine rings is 1. The minimum absolute atomic E-state index is 0.0504. The van der Waals surface area contributed by atoms with E-state index in [1.54, 1.807) is 4.90 Å². The van der Waals surface area contributed by atoms with E-state index in [-0.39, 0.29) is 18.0 Å². The fourth-order valence-electron chi connectivity index (χ4n) is 4.91. The highest BCUT2D eigenvalue weighted by atomic mass is 16.6. The molecule has 2 fully saturated rings. The molecule has 0 unspecified atom stereocenters. The molecule has 2 aromatic carbocycles. The maximum absolute atomic E-state index is 13.0. The highest BCUT2D eigenvalue weighted by Gasteiger charge is 2.35. The monoisotopic (exact) mass is 434 g/mol. The van der Waals surface area contributed by atoms with Crippen molar-refractivity contribution >= 4 is 17.7 Å². The summed E-state index contributed by atoms with van der Waals surface area (Å²) in [5.74, 6) is 0.0683. The lowest BCUT2D eigenvalue weighted by Crippen LogP contribution is -2.50. The van der Waals surface area contributed by atoms with E-state index in [0.717, 1.165) is 62.4 Å². The molecular weight excluding hydrogens is 404 g/mol. The lowest BCUT2D eigenvalue weighted by Gasteiger charge is -2.40. The van der Waals surface area contributed by atoms with Gasteiger partial charge in [0.25, 0.3) is 5.91 Å². The van der Waals surface area contributed by atoms with E-state index in [0.29, 0.717) is 19.7 Å². The van der Waals surface area contributed by atoms with Gasteiger partial charge in [-0.15, -0.1) is 0 Å². The van der Waals surface area contributed by atoms with Gasteiger partial charge in [0.15, 0.2) is 0 Å². The molecule has 5 rings (SSSR count). The number of likely N-dealkylation sites (tertiary alicyclic amines) is 1. The number of benzene rings is 2. The van der Waals surface area contributed by atoms with E-state index < -0.39 is 0 Å². The van der Waals surface area contributed by atoms with Crippen LogP contribution in [-0.2, 0) is 17.9 Å². The minimum Gasteiger partial charge on any atom is -0.444 e. The molecule has 0 aromatic heterocycles. The normalized spacial score (nSPS) is 20.1. The Morgan fingerprint density at radius 3 is 2.44 bits per heavy atom. The molecule has 0 radical (unpaired) electrons. The molecule has 32 heavy (non-hydrogen) atoms. The predicted octanol–water partition coefficient (Wildman–Crippen LogP) is 2.85. The van der Waals surface area contributed by atoms with Crippen molar-refractivity contribution in [2.45, 2.75) is 32.0 Å². The second-order valence-electron chi connectivity index (χ2n) is 8.80. The van der Waals surface area contributed by atoms with Gasteiger partial charge in [0.05, 0.1) is 5.69 Å². The van der Waals surface area contributed by atoms with Crippen molar-refractivity contribution in [1.29, 1.82) is 0 Å². The number of fused-ring (bicyclic) bond motifs is 1. The maximum atomic E-state index is 13.0. The summed E-state index contributed by atoms with van der Waals surface area (Å²) in [6.45, 7) is 6.72. The first kappa shape index (κ1) is 21.0. The molecule has 1 N–H and O–H groups in total. The van der Waals surface area contributed by atoms with Crippen molar-refractivity contribution in [2.24, 2.45) is 0 Å². The van der Waals surface area contributed by atoms with Crippen LogP contribution in [0.1, 0.15) is 34.3 Å². The highest BCUT2D eigenvalue weighted by Crippen LogP contribution is 2.32. The van der Waals surface area contributed by atoms with Crippen molar-refractivity contribution in [3.63, 3.8) is 0 Å². The molecule has 2 saturated heterocycles. The standard InChI is InChI=1S/C25H30N4O3/c30-24(20-7-5-19(6-8-20)17-27-15-11-26-12-16-27)28-13-9-22(10-14-28)29-23-4-2-1-3-21(23)18-32-25(29)31/h1-8,22,26H,9-18H2. The van der Waals surface area contributed by atoms with Crippen LogP contribution in [0.15, 0.2) is 48.5 Å². The van der Waals surface area contributed by atoms with E-state index in [9.17, 15) is 9.59 Å². The maximum Gasteiger partial charge on any atom is 0.414 e. The molecule has 3 aliphatic rings. The van der Waals surface area contributed by atoms with Crippen LogP contribution in [0.5, 0.6) is 0 Å². The SMILES string of the molecule is O=C(c1ccc(CN2CCNCC2)cc1)N1CCC(N2C(=O)OCc3ccccc32)CC1. The van der Waals surface area contributed by atoms with Crippen molar-refractivity contribution in [1.82, 2.24) is 15.1 Å². The summed E-state index contributed by atoms with van der Waals surface area (Å²) in [5.41, 5.74) is 3.94. The number of hydrogen-bond acceptors (Lipinski definition) is 5. The molecule has 168 valence electrons. The average Bonchev–Trinajstić information content (AvgIpc) is 2.85. The van der Waals surface area contributed by atoms with Gasteiger partial charge in [0.1, 0.15) is 6.61 Å². The van der Waals surface area contributed by atoms with Gasteiger partial charge in [0, 0.05) is 63.0 Å². The topological polar surface area (TPSA) is 65.1 Å². The van der Waals surface area contributed by atoms with Crippen LogP contribution >= 0.6 is 0 Å². The average molecular weight is 435 g/mol. The fourth-order valence-corrected chi connectivity index (χ4v) is 4.91. The zero-order valence-electron chi connectivity index (χ0n) is 18.3. The third-order valence-corrected chi connectivity index (χ3v) is 6.73. The number of ether oxygens (including phenoxy) is 1. The van der Waals surface area contributed by atoms with E-state index in [1.165, 1.54) is 5.56 Å². The molecule has 3 aliphatic heterocycles. The first-order chi connectivity index (χ1) is 15.7. The van der Waals surface area contributed by atoms with Crippen LogP contribution in [0.2, 0.25) is 0 Å². The van der Waals surface area contributed by atoms with Crippen LogP contribution in [0.4, 0.5) is 10.5 Å². The number of para-hydroxylation sites is 1. The van der Waals surface area contributed by atoms with E-state index in [4.69, 9.17) is 4.74 Å². The molecule has 2 amide bonds. The first-order valence-electron chi connectivity index (χ1n) is 11.5. The second-order valence-corrected chi connectivity index (χ2v) is 8.80. The van der Waals surface area contributed by atoms with Gasteiger partial charge in [0.2, 0.25) is 0 Å². The van der Waals surface area contributed by atoms with Crippen LogP contribution in [-0.4, -0.2) is 67.1 Å². The van der Waals surface area contributed by atoms with Gasteiger partial charge < -0.3 is 15.0 Å². The second kappa shape index (κ2) is 9.30. The Morgan fingerprint density at radius 1 is 0.969 bits per heavy atom. The van der Waals surface area contributed by atoms with Crippen LogP contribution < -0.4 is 10.2 Å². The number of cyclic esters (lactones) is 1. The molecule has 0 bridgehead atoms. The predicted molar refractivity (Wildman–Crippen MR) is 123 cm³/mol. The van der Waals surface area contributed by atoms with E-state index >= 15 is 0 Å². The van der Waals surface area contributed by atoms with E-state index in [1.807, 2.05) is 41.3 Å². The Morgan fingerprint density at radius 2 is 1.69 bits per heavy atom.